The van der Waals surface area contributed by atoms with Crippen LogP contribution < -0.4 is 10.1 Å². The molecule has 1 saturated heterocycles. The molecule has 4 heteroatoms. The predicted octanol–water partition coefficient (Wildman–Crippen LogP) is 2.15. The molecule has 0 spiro atoms. The zero-order valence-corrected chi connectivity index (χ0v) is 12.5. The second-order valence-electron chi connectivity index (χ2n) is 5.29. The summed E-state index contributed by atoms with van der Waals surface area (Å²) in [5.74, 6) is 0.893. The van der Waals surface area contributed by atoms with Crippen molar-refractivity contribution in [3.63, 3.8) is 0 Å². The van der Waals surface area contributed by atoms with Crippen molar-refractivity contribution < 1.29 is 14.3 Å². The topological polar surface area (TPSA) is 47.6 Å². The molecule has 20 heavy (non-hydrogen) atoms. The first-order valence-electron chi connectivity index (χ1n) is 7.15. The standard InChI is InChI=1S/C16H23NO3/c1-11-9-13(15(19-3)10-12(11)2)6-7-17-16(18)14-5-4-8-20-14/h9-10,14H,4-8H2,1-3H3,(H,17,18). The Labute approximate surface area is 120 Å². The number of hydrogen-bond acceptors (Lipinski definition) is 3. The van der Waals surface area contributed by atoms with Crippen LogP contribution in [0.2, 0.25) is 0 Å². The van der Waals surface area contributed by atoms with Crippen LogP contribution >= 0.6 is 0 Å². The van der Waals surface area contributed by atoms with E-state index in [1.165, 1.54) is 11.1 Å². The highest BCUT2D eigenvalue weighted by Crippen LogP contribution is 2.23. The molecule has 1 aromatic carbocycles. The number of carbonyl (C=O) groups is 1. The fourth-order valence-corrected chi connectivity index (χ4v) is 2.45. The maximum absolute atomic E-state index is 11.8. The van der Waals surface area contributed by atoms with Crippen molar-refractivity contribution >= 4 is 5.91 Å². The van der Waals surface area contributed by atoms with Gasteiger partial charge in [-0.25, -0.2) is 0 Å². The van der Waals surface area contributed by atoms with Crippen molar-refractivity contribution in [1.29, 1.82) is 0 Å². The molecule has 1 aliphatic rings. The third-order valence-corrected chi connectivity index (χ3v) is 3.81. The molecule has 2 rings (SSSR count). The molecule has 110 valence electrons. The number of methoxy groups -OCH3 is 1. The second-order valence-corrected chi connectivity index (χ2v) is 5.29. The van der Waals surface area contributed by atoms with E-state index in [0.717, 1.165) is 30.6 Å². The number of aryl methyl sites for hydroxylation is 2. The van der Waals surface area contributed by atoms with E-state index in [9.17, 15) is 4.79 Å². The molecule has 1 unspecified atom stereocenters. The normalized spacial score (nSPS) is 18.1. The number of amides is 1. The zero-order chi connectivity index (χ0) is 14.5. The summed E-state index contributed by atoms with van der Waals surface area (Å²) in [7, 11) is 1.68. The highest BCUT2D eigenvalue weighted by atomic mass is 16.5. The Hall–Kier alpha value is -1.55. The minimum atomic E-state index is -0.253. The van der Waals surface area contributed by atoms with Crippen LogP contribution in [-0.4, -0.2) is 32.3 Å². The summed E-state index contributed by atoms with van der Waals surface area (Å²) in [5.41, 5.74) is 3.59. The van der Waals surface area contributed by atoms with E-state index in [1.54, 1.807) is 7.11 Å². The van der Waals surface area contributed by atoms with Crippen LogP contribution in [0, 0.1) is 13.8 Å². The average Bonchev–Trinajstić information content (AvgIpc) is 2.96. The van der Waals surface area contributed by atoms with Gasteiger partial charge in [0.25, 0.3) is 0 Å². The van der Waals surface area contributed by atoms with Crippen LogP contribution in [0.3, 0.4) is 0 Å². The lowest BCUT2D eigenvalue weighted by atomic mass is 10.0. The molecule has 0 bridgehead atoms. The maximum Gasteiger partial charge on any atom is 0.249 e. The molecule has 1 amide bonds. The van der Waals surface area contributed by atoms with Crippen molar-refractivity contribution in [3.8, 4) is 5.75 Å². The van der Waals surface area contributed by atoms with Crippen LogP contribution in [-0.2, 0) is 16.0 Å². The minimum absolute atomic E-state index is 0.00491. The third-order valence-electron chi connectivity index (χ3n) is 3.81. The Morgan fingerprint density at radius 1 is 1.40 bits per heavy atom. The first kappa shape index (κ1) is 14.9. The van der Waals surface area contributed by atoms with E-state index in [2.05, 4.69) is 25.2 Å². The van der Waals surface area contributed by atoms with Gasteiger partial charge in [-0.15, -0.1) is 0 Å². The van der Waals surface area contributed by atoms with Gasteiger partial charge in [0, 0.05) is 13.2 Å². The van der Waals surface area contributed by atoms with E-state index < -0.39 is 0 Å². The molecule has 1 aliphatic heterocycles. The average molecular weight is 277 g/mol. The number of benzene rings is 1. The van der Waals surface area contributed by atoms with E-state index >= 15 is 0 Å². The van der Waals surface area contributed by atoms with Gasteiger partial charge in [0.1, 0.15) is 11.9 Å². The Balaban J connectivity index is 1.90. The number of ether oxygens (including phenoxy) is 2. The van der Waals surface area contributed by atoms with Crippen LogP contribution in [0.15, 0.2) is 12.1 Å². The molecule has 0 radical (unpaired) electrons. The molecule has 1 aromatic rings. The lowest BCUT2D eigenvalue weighted by molar-refractivity contribution is -0.129. The molecule has 1 fully saturated rings. The Bertz CT molecular complexity index is 479. The fraction of sp³-hybridized carbons (Fsp3) is 0.562. The second kappa shape index (κ2) is 6.75. The van der Waals surface area contributed by atoms with Crippen molar-refractivity contribution in [3.05, 3.63) is 28.8 Å². The fourth-order valence-electron chi connectivity index (χ4n) is 2.45. The van der Waals surface area contributed by atoms with Crippen LogP contribution in [0.25, 0.3) is 0 Å². The van der Waals surface area contributed by atoms with Gasteiger partial charge in [-0.05, 0) is 55.9 Å². The predicted molar refractivity (Wildman–Crippen MR) is 78.2 cm³/mol. The lowest BCUT2D eigenvalue weighted by Crippen LogP contribution is -2.35. The van der Waals surface area contributed by atoms with Crippen molar-refractivity contribution in [2.75, 3.05) is 20.3 Å². The number of carbonyl (C=O) groups excluding carboxylic acids is 1. The summed E-state index contributed by atoms with van der Waals surface area (Å²) in [6.45, 7) is 5.46. The molecule has 0 aliphatic carbocycles. The van der Waals surface area contributed by atoms with Crippen LogP contribution in [0.4, 0.5) is 0 Å². The van der Waals surface area contributed by atoms with E-state index in [4.69, 9.17) is 9.47 Å². The third kappa shape index (κ3) is 3.51. The smallest absolute Gasteiger partial charge is 0.249 e. The monoisotopic (exact) mass is 277 g/mol. The molecule has 1 N–H and O–H groups in total. The largest absolute Gasteiger partial charge is 0.496 e. The maximum atomic E-state index is 11.8. The minimum Gasteiger partial charge on any atom is -0.496 e. The van der Waals surface area contributed by atoms with Crippen molar-refractivity contribution in [1.82, 2.24) is 5.32 Å². The highest BCUT2D eigenvalue weighted by Gasteiger charge is 2.22. The van der Waals surface area contributed by atoms with Gasteiger partial charge in [-0.2, -0.15) is 0 Å². The summed E-state index contributed by atoms with van der Waals surface area (Å²) < 4.78 is 10.8. The molecule has 1 atom stereocenters. The van der Waals surface area contributed by atoms with Crippen molar-refractivity contribution in [2.45, 2.75) is 39.2 Å². The molecule has 4 nitrogen and oxygen atoms in total. The van der Waals surface area contributed by atoms with E-state index in [1.807, 2.05) is 6.07 Å². The van der Waals surface area contributed by atoms with E-state index in [0.29, 0.717) is 13.2 Å². The number of nitrogens with one attached hydrogen (secondary N) is 1. The van der Waals surface area contributed by atoms with Gasteiger partial charge in [-0.1, -0.05) is 6.07 Å². The Morgan fingerprint density at radius 2 is 2.15 bits per heavy atom. The van der Waals surface area contributed by atoms with Crippen LogP contribution in [0.5, 0.6) is 5.75 Å². The first-order chi connectivity index (χ1) is 9.61. The van der Waals surface area contributed by atoms with Crippen molar-refractivity contribution in [2.24, 2.45) is 0 Å². The summed E-state index contributed by atoms with van der Waals surface area (Å²) in [4.78, 5) is 11.8. The lowest BCUT2D eigenvalue weighted by Gasteiger charge is -2.13. The Morgan fingerprint density at radius 3 is 2.80 bits per heavy atom. The van der Waals surface area contributed by atoms with Gasteiger partial charge in [0.05, 0.1) is 7.11 Å². The molecular formula is C16H23NO3. The summed E-state index contributed by atoms with van der Waals surface area (Å²) in [6, 6.07) is 4.18. The number of hydrogen-bond donors (Lipinski definition) is 1. The van der Waals surface area contributed by atoms with E-state index in [-0.39, 0.29) is 12.0 Å². The van der Waals surface area contributed by atoms with Gasteiger partial charge >= 0.3 is 0 Å². The van der Waals surface area contributed by atoms with Gasteiger partial charge in [0.15, 0.2) is 0 Å². The summed E-state index contributed by atoms with van der Waals surface area (Å²) in [6.07, 6.45) is 2.32. The quantitative estimate of drug-likeness (QED) is 0.897. The molecule has 1 heterocycles. The molecule has 0 saturated carbocycles. The van der Waals surface area contributed by atoms with Crippen LogP contribution in [0.1, 0.15) is 29.5 Å². The zero-order valence-electron chi connectivity index (χ0n) is 12.5. The molecule has 0 aromatic heterocycles. The Kier molecular flexibility index (Phi) is 5.01. The SMILES string of the molecule is COc1cc(C)c(C)cc1CCNC(=O)C1CCCO1. The number of rotatable bonds is 5. The highest BCUT2D eigenvalue weighted by molar-refractivity contribution is 5.80. The summed E-state index contributed by atoms with van der Waals surface area (Å²) in [5, 5.41) is 2.94. The van der Waals surface area contributed by atoms with Gasteiger partial charge in [0.2, 0.25) is 5.91 Å². The molecular weight excluding hydrogens is 254 g/mol. The van der Waals surface area contributed by atoms with Gasteiger partial charge in [-0.3, -0.25) is 4.79 Å². The summed E-state index contributed by atoms with van der Waals surface area (Å²) >= 11 is 0. The first-order valence-corrected chi connectivity index (χ1v) is 7.15. The van der Waals surface area contributed by atoms with Gasteiger partial charge < -0.3 is 14.8 Å².